The fourth-order valence-corrected chi connectivity index (χ4v) is 7.22. The maximum absolute atomic E-state index is 13.4. The van der Waals surface area contributed by atoms with E-state index in [0.717, 1.165) is 95.9 Å². The summed E-state index contributed by atoms with van der Waals surface area (Å²) in [6.07, 6.45) is 8.90. The molecule has 1 saturated heterocycles. The smallest absolute Gasteiger partial charge is 0.254 e. The summed E-state index contributed by atoms with van der Waals surface area (Å²) in [6.45, 7) is 5.47. The number of nitrogens with one attached hydrogen (secondary N) is 1. The van der Waals surface area contributed by atoms with E-state index in [0.29, 0.717) is 29.2 Å². The van der Waals surface area contributed by atoms with Crippen molar-refractivity contribution in [2.75, 3.05) is 51.3 Å². The highest BCUT2D eigenvalue weighted by Gasteiger charge is 2.55. The number of hydrogen-bond donors (Lipinski definition) is 2. The molecule has 2 N–H and O–H groups in total. The van der Waals surface area contributed by atoms with Gasteiger partial charge in [-0.3, -0.25) is 9.69 Å². The number of hydrogen-bond acceptors (Lipinski definition) is 7. The van der Waals surface area contributed by atoms with E-state index in [9.17, 15) is 9.90 Å². The SMILES string of the molecule is COCCN1CCN(c2ncc(C(=O)NC3C4CC5CC3CC(O)(C5)C4)c(C3CC3)n2)CC1. The van der Waals surface area contributed by atoms with Gasteiger partial charge in [0, 0.05) is 58.0 Å². The summed E-state index contributed by atoms with van der Waals surface area (Å²) in [6, 6.07) is 0.182. The Bertz CT molecular complexity index is 882. The molecular weight excluding hydrogens is 418 g/mol. The Morgan fingerprint density at radius 3 is 2.55 bits per heavy atom. The molecule has 33 heavy (non-hydrogen) atoms. The molecule has 1 aromatic rings. The largest absolute Gasteiger partial charge is 0.390 e. The number of nitrogens with zero attached hydrogens (tertiary/aromatic N) is 4. The summed E-state index contributed by atoms with van der Waals surface area (Å²) >= 11 is 0. The Kier molecular flexibility index (Phi) is 5.58. The summed E-state index contributed by atoms with van der Waals surface area (Å²) in [7, 11) is 1.74. The van der Waals surface area contributed by atoms with Crippen molar-refractivity contribution >= 4 is 11.9 Å². The highest BCUT2D eigenvalue weighted by atomic mass is 16.5. The molecule has 5 saturated carbocycles. The Hall–Kier alpha value is -1.77. The molecule has 5 aliphatic carbocycles. The fraction of sp³-hybridized carbons (Fsp3) is 0.800. The minimum absolute atomic E-state index is 0.0164. The molecule has 2 heterocycles. The first-order valence-electron chi connectivity index (χ1n) is 12.9. The second-order valence-electron chi connectivity index (χ2n) is 11.3. The summed E-state index contributed by atoms with van der Waals surface area (Å²) in [5.41, 5.74) is 1.11. The maximum atomic E-state index is 13.4. The quantitative estimate of drug-likeness (QED) is 0.648. The second-order valence-corrected chi connectivity index (χ2v) is 11.3. The summed E-state index contributed by atoms with van der Waals surface area (Å²) in [5, 5.41) is 14.2. The number of amides is 1. The minimum Gasteiger partial charge on any atom is -0.390 e. The molecule has 8 nitrogen and oxygen atoms in total. The summed E-state index contributed by atoms with van der Waals surface area (Å²) in [5.74, 6) is 2.58. The first-order chi connectivity index (χ1) is 16.0. The highest BCUT2D eigenvalue weighted by molar-refractivity contribution is 5.95. The Labute approximate surface area is 196 Å². The van der Waals surface area contributed by atoms with Crippen LogP contribution in [-0.4, -0.2) is 84.0 Å². The van der Waals surface area contributed by atoms with Crippen LogP contribution in [0.1, 0.15) is 66.9 Å². The third-order valence-corrected chi connectivity index (χ3v) is 8.82. The second kappa shape index (κ2) is 8.47. The fourth-order valence-electron chi connectivity index (χ4n) is 7.22. The van der Waals surface area contributed by atoms with Gasteiger partial charge in [0.05, 0.1) is 23.5 Å². The molecule has 7 rings (SSSR count). The van der Waals surface area contributed by atoms with Crippen molar-refractivity contribution in [3.05, 3.63) is 17.5 Å². The van der Waals surface area contributed by atoms with Crippen molar-refractivity contribution in [1.29, 1.82) is 0 Å². The first-order valence-corrected chi connectivity index (χ1v) is 12.9. The highest BCUT2D eigenvalue weighted by Crippen LogP contribution is 2.55. The average molecular weight is 456 g/mol. The van der Waals surface area contributed by atoms with E-state index < -0.39 is 5.60 Å². The molecule has 4 bridgehead atoms. The maximum Gasteiger partial charge on any atom is 0.254 e. The lowest BCUT2D eigenvalue weighted by molar-refractivity contribution is -0.136. The average Bonchev–Trinajstić information content (AvgIpc) is 3.64. The number of carbonyl (C=O) groups is 1. The zero-order valence-electron chi connectivity index (χ0n) is 19.7. The number of aromatic nitrogens is 2. The third-order valence-electron chi connectivity index (χ3n) is 8.82. The van der Waals surface area contributed by atoms with Crippen LogP contribution in [0.25, 0.3) is 0 Å². The van der Waals surface area contributed by atoms with Crippen molar-refractivity contribution in [3.8, 4) is 0 Å². The Morgan fingerprint density at radius 1 is 1.18 bits per heavy atom. The van der Waals surface area contributed by atoms with E-state index in [2.05, 4.69) is 20.1 Å². The van der Waals surface area contributed by atoms with Crippen molar-refractivity contribution in [1.82, 2.24) is 20.2 Å². The van der Waals surface area contributed by atoms with E-state index in [1.807, 2.05) is 0 Å². The van der Waals surface area contributed by atoms with Crippen LogP contribution in [0.15, 0.2) is 6.20 Å². The Balaban J connectivity index is 1.15. The van der Waals surface area contributed by atoms with Crippen LogP contribution >= 0.6 is 0 Å². The molecule has 180 valence electrons. The molecule has 6 aliphatic rings. The number of piperazine rings is 1. The van der Waals surface area contributed by atoms with Gasteiger partial charge in [0.25, 0.3) is 5.91 Å². The normalized spacial score (nSPS) is 35.8. The molecule has 0 spiro atoms. The van der Waals surface area contributed by atoms with Crippen molar-refractivity contribution in [3.63, 3.8) is 0 Å². The number of carbonyl (C=O) groups excluding carboxylic acids is 1. The van der Waals surface area contributed by atoms with E-state index in [-0.39, 0.29) is 11.9 Å². The van der Waals surface area contributed by atoms with Gasteiger partial charge >= 0.3 is 0 Å². The predicted molar refractivity (Wildman–Crippen MR) is 124 cm³/mol. The van der Waals surface area contributed by atoms with Crippen LogP contribution in [0.4, 0.5) is 5.95 Å². The molecule has 6 fully saturated rings. The molecule has 1 aliphatic heterocycles. The lowest BCUT2D eigenvalue weighted by Crippen LogP contribution is -2.61. The van der Waals surface area contributed by atoms with Gasteiger partial charge in [-0.1, -0.05) is 0 Å². The molecule has 2 atom stereocenters. The van der Waals surface area contributed by atoms with Gasteiger partial charge in [-0.05, 0) is 62.7 Å². The van der Waals surface area contributed by atoms with Gasteiger partial charge < -0.3 is 20.1 Å². The van der Waals surface area contributed by atoms with Gasteiger partial charge in [-0.2, -0.15) is 0 Å². The van der Waals surface area contributed by atoms with Crippen molar-refractivity contribution < 1.29 is 14.6 Å². The molecule has 2 unspecified atom stereocenters. The van der Waals surface area contributed by atoms with Crippen molar-refractivity contribution in [2.45, 2.75) is 62.5 Å². The first kappa shape index (κ1) is 21.7. The lowest BCUT2D eigenvalue weighted by atomic mass is 9.52. The molecule has 1 amide bonds. The van der Waals surface area contributed by atoms with Gasteiger partial charge in [-0.25, -0.2) is 9.97 Å². The van der Waals surface area contributed by atoms with Gasteiger partial charge in [0.1, 0.15) is 0 Å². The Morgan fingerprint density at radius 2 is 1.91 bits per heavy atom. The summed E-state index contributed by atoms with van der Waals surface area (Å²) in [4.78, 5) is 27.6. The topological polar surface area (TPSA) is 90.8 Å². The number of anilines is 1. The van der Waals surface area contributed by atoms with Crippen LogP contribution in [0.3, 0.4) is 0 Å². The third kappa shape index (κ3) is 4.26. The standard InChI is InChI=1S/C25H37N5O3/c1-33-9-8-29-4-6-30(7-5-29)24-26-15-20(22(28-24)17-2-3-17)23(31)27-21-18-10-16-11-19(21)14-25(32,12-16)13-18/h15-19,21,32H,2-14H2,1H3,(H,27,31). The van der Waals surface area contributed by atoms with Crippen molar-refractivity contribution in [2.24, 2.45) is 17.8 Å². The number of ether oxygens (including phenoxy) is 1. The van der Waals surface area contributed by atoms with E-state index >= 15 is 0 Å². The van der Waals surface area contributed by atoms with Crippen LogP contribution in [0, 0.1) is 17.8 Å². The van der Waals surface area contributed by atoms with E-state index in [4.69, 9.17) is 9.72 Å². The molecule has 0 aromatic carbocycles. The molecular formula is C25H37N5O3. The van der Waals surface area contributed by atoms with Crippen LogP contribution in [0.2, 0.25) is 0 Å². The lowest BCUT2D eigenvalue weighted by Gasteiger charge is -2.58. The number of aliphatic hydroxyl groups is 1. The number of rotatable bonds is 7. The van der Waals surface area contributed by atoms with E-state index in [1.54, 1.807) is 13.3 Å². The zero-order chi connectivity index (χ0) is 22.6. The molecule has 0 radical (unpaired) electrons. The van der Waals surface area contributed by atoms with Crippen LogP contribution in [0.5, 0.6) is 0 Å². The monoisotopic (exact) mass is 455 g/mol. The van der Waals surface area contributed by atoms with Gasteiger partial charge in [-0.15, -0.1) is 0 Å². The number of methoxy groups -OCH3 is 1. The van der Waals surface area contributed by atoms with Gasteiger partial charge in [0.2, 0.25) is 5.95 Å². The zero-order valence-corrected chi connectivity index (χ0v) is 19.7. The molecule has 1 aromatic heterocycles. The van der Waals surface area contributed by atoms with E-state index in [1.165, 1.54) is 0 Å². The van der Waals surface area contributed by atoms with Gasteiger partial charge in [0.15, 0.2) is 0 Å². The summed E-state index contributed by atoms with van der Waals surface area (Å²) < 4.78 is 5.20. The van der Waals surface area contributed by atoms with Crippen LogP contribution < -0.4 is 10.2 Å². The molecule has 8 heteroatoms. The minimum atomic E-state index is -0.477. The predicted octanol–water partition coefficient (Wildman–Crippen LogP) is 1.79. The van der Waals surface area contributed by atoms with Crippen LogP contribution in [-0.2, 0) is 4.74 Å².